The van der Waals surface area contributed by atoms with E-state index in [1.165, 1.54) is 25.3 Å². The van der Waals surface area contributed by atoms with E-state index in [9.17, 15) is 14.9 Å². The Bertz CT molecular complexity index is 509. The van der Waals surface area contributed by atoms with Crippen LogP contribution in [0.2, 0.25) is 0 Å². The fourth-order valence-electron chi connectivity index (χ4n) is 1.64. The van der Waals surface area contributed by atoms with Gasteiger partial charge in [0.15, 0.2) is 0 Å². The van der Waals surface area contributed by atoms with Gasteiger partial charge in [0, 0.05) is 14.1 Å². The van der Waals surface area contributed by atoms with Crippen molar-refractivity contribution in [3.63, 3.8) is 0 Å². The van der Waals surface area contributed by atoms with Crippen molar-refractivity contribution in [3.8, 4) is 0 Å². The van der Waals surface area contributed by atoms with Gasteiger partial charge in [-0.25, -0.2) is 4.79 Å². The number of nitrogens with zero attached hydrogens (tertiary/aromatic N) is 2. The smallest absolute Gasteiger partial charge is 0.338 e. The van der Waals surface area contributed by atoms with E-state index in [1.807, 2.05) is 0 Å². The molecule has 0 radical (unpaired) electrons. The lowest BCUT2D eigenvalue weighted by Gasteiger charge is -2.15. The van der Waals surface area contributed by atoms with Crippen LogP contribution in [0, 0.1) is 10.1 Å². The summed E-state index contributed by atoms with van der Waals surface area (Å²) in [6.45, 7) is 3.52. The molecule has 0 aliphatic carbocycles. The minimum atomic E-state index is -0.627. The quantitative estimate of drug-likeness (QED) is 0.464. The first-order chi connectivity index (χ1) is 8.43. The largest absolute Gasteiger partial charge is 0.465 e. The Balaban J connectivity index is 3.63. The van der Waals surface area contributed by atoms with Crippen molar-refractivity contribution in [2.45, 2.75) is 0 Å². The molecule has 0 N–H and O–H groups in total. The number of carbonyl (C=O) groups is 1. The topological polar surface area (TPSA) is 72.7 Å². The zero-order chi connectivity index (χ0) is 13.9. The van der Waals surface area contributed by atoms with Crippen LogP contribution >= 0.6 is 0 Å². The summed E-state index contributed by atoms with van der Waals surface area (Å²) in [6.07, 6.45) is 1.29. The standard InChI is InChI=1S/C12H14N2O4/c1-5-8-9(12(15)18-4)6-7-10(13(2)3)11(8)14(16)17/h5-7H,1H2,2-4H3. The third kappa shape index (κ3) is 2.32. The van der Waals surface area contributed by atoms with E-state index in [4.69, 9.17) is 0 Å². The molecule has 0 unspecified atom stereocenters. The first-order valence-corrected chi connectivity index (χ1v) is 5.13. The fraction of sp³-hybridized carbons (Fsp3) is 0.250. The van der Waals surface area contributed by atoms with Crippen LogP contribution in [0.3, 0.4) is 0 Å². The van der Waals surface area contributed by atoms with Crippen LogP contribution in [0.15, 0.2) is 18.7 Å². The van der Waals surface area contributed by atoms with E-state index >= 15 is 0 Å². The Kier molecular flexibility index (Phi) is 4.04. The van der Waals surface area contributed by atoms with Crippen LogP contribution in [0.25, 0.3) is 6.08 Å². The van der Waals surface area contributed by atoms with Crippen LogP contribution in [-0.2, 0) is 4.74 Å². The molecule has 0 heterocycles. The highest BCUT2D eigenvalue weighted by Gasteiger charge is 2.25. The Morgan fingerprint density at radius 3 is 2.50 bits per heavy atom. The summed E-state index contributed by atoms with van der Waals surface area (Å²) in [7, 11) is 4.60. The van der Waals surface area contributed by atoms with E-state index in [0.29, 0.717) is 5.69 Å². The first-order valence-electron chi connectivity index (χ1n) is 5.13. The molecule has 0 bridgehead atoms. The first kappa shape index (κ1) is 13.7. The summed E-state index contributed by atoms with van der Waals surface area (Å²) in [5, 5.41) is 11.1. The van der Waals surface area contributed by atoms with Gasteiger partial charge >= 0.3 is 11.7 Å². The number of anilines is 1. The lowest BCUT2D eigenvalue weighted by Crippen LogP contribution is -2.14. The fourth-order valence-corrected chi connectivity index (χ4v) is 1.64. The third-order valence-electron chi connectivity index (χ3n) is 2.47. The van der Waals surface area contributed by atoms with Gasteiger partial charge in [0.1, 0.15) is 5.69 Å². The van der Waals surface area contributed by atoms with Crippen molar-refractivity contribution in [3.05, 3.63) is 40.0 Å². The predicted molar refractivity (Wildman–Crippen MR) is 68.9 cm³/mol. The Morgan fingerprint density at radius 1 is 1.50 bits per heavy atom. The minimum Gasteiger partial charge on any atom is -0.465 e. The van der Waals surface area contributed by atoms with Crippen LogP contribution in [0.1, 0.15) is 15.9 Å². The summed E-state index contributed by atoms with van der Waals surface area (Å²) in [6, 6.07) is 3.00. The molecule has 6 nitrogen and oxygen atoms in total. The SMILES string of the molecule is C=Cc1c(C(=O)OC)ccc(N(C)C)c1[N+](=O)[O-]. The zero-order valence-corrected chi connectivity index (χ0v) is 10.5. The van der Waals surface area contributed by atoms with Gasteiger partial charge in [-0.1, -0.05) is 12.7 Å². The maximum Gasteiger partial charge on any atom is 0.338 e. The van der Waals surface area contributed by atoms with Gasteiger partial charge in [0.25, 0.3) is 0 Å². The molecule has 1 rings (SSSR count). The molecular formula is C12H14N2O4. The van der Waals surface area contributed by atoms with E-state index < -0.39 is 10.9 Å². The Hall–Kier alpha value is -2.37. The number of hydrogen-bond acceptors (Lipinski definition) is 5. The number of ether oxygens (including phenoxy) is 1. The highest BCUT2D eigenvalue weighted by molar-refractivity contribution is 5.97. The molecule has 1 aromatic carbocycles. The molecule has 0 fully saturated rings. The van der Waals surface area contributed by atoms with Gasteiger partial charge in [-0.3, -0.25) is 10.1 Å². The van der Waals surface area contributed by atoms with Crippen molar-refractivity contribution in [1.29, 1.82) is 0 Å². The van der Waals surface area contributed by atoms with Gasteiger partial charge in [-0.2, -0.15) is 0 Å². The van der Waals surface area contributed by atoms with Gasteiger partial charge in [-0.05, 0) is 12.1 Å². The zero-order valence-electron chi connectivity index (χ0n) is 10.5. The molecule has 6 heteroatoms. The molecule has 0 spiro atoms. The molecule has 96 valence electrons. The van der Waals surface area contributed by atoms with Crippen LogP contribution in [-0.4, -0.2) is 32.1 Å². The number of carbonyl (C=O) groups excluding carboxylic acids is 1. The van der Waals surface area contributed by atoms with Crippen molar-refractivity contribution in [2.75, 3.05) is 26.1 Å². The van der Waals surface area contributed by atoms with E-state index in [0.717, 1.165) is 0 Å². The second-order valence-corrected chi connectivity index (χ2v) is 3.74. The number of hydrogen-bond donors (Lipinski definition) is 0. The summed E-state index contributed by atoms with van der Waals surface area (Å²) >= 11 is 0. The monoisotopic (exact) mass is 250 g/mol. The average Bonchev–Trinajstić information content (AvgIpc) is 2.35. The number of benzene rings is 1. The number of nitro groups is 1. The van der Waals surface area contributed by atoms with Crippen molar-refractivity contribution in [1.82, 2.24) is 0 Å². The second kappa shape index (κ2) is 5.31. The average molecular weight is 250 g/mol. The van der Waals surface area contributed by atoms with E-state index in [2.05, 4.69) is 11.3 Å². The summed E-state index contributed by atoms with van der Waals surface area (Å²) in [5.41, 5.74) is 0.545. The molecule has 0 aliphatic heterocycles. The van der Waals surface area contributed by atoms with E-state index in [1.54, 1.807) is 19.0 Å². The lowest BCUT2D eigenvalue weighted by molar-refractivity contribution is -0.384. The summed E-state index contributed by atoms with van der Waals surface area (Å²) in [5.74, 6) is -0.627. The van der Waals surface area contributed by atoms with Gasteiger partial charge in [0.05, 0.1) is 23.2 Å². The van der Waals surface area contributed by atoms with Gasteiger partial charge < -0.3 is 9.64 Å². The van der Waals surface area contributed by atoms with Gasteiger partial charge in [0.2, 0.25) is 0 Å². The number of nitro benzene ring substituents is 1. The van der Waals surface area contributed by atoms with Crippen molar-refractivity contribution in [2.24, 2.45) is 0 Å². The predicted octanol–water partition coefficient (Wildman–Crippen LogP) is 2.09. The summed E-state index contributed by atoms with van der Waals surface area (Å²) < 4.78 is 4.59. The van der Waals surface area contributed by atoms with Crippen molar-refractivity contribution < 1.29 is 14.5 Å². The molecule has 0 aromatic heterocycles. The highest BCUT2D eigenvalue weighted by Crippen LogP contribution is 2.34. The Labute approximate surface area is 105 Å². The third-order valence-corrected chi connectivity index (χ3v) is 2.47. The minimum absolute atomic E-state index is 0.129. The van der Waals surface area contributed by atoms with Gasteiger partial charge in [-0.15, -0.1) is 0 Å². The number of esters is 1. The molecule has 0 amide bonds. The molecule has 1 aromatic rings. The molecule has 0 saturated carbocycles. The molecule has 0 atom stereocenters. The molecule has 0 aliphatic rings. The maximum atomic E-state index is 11.5. The lowest BCUT2D eigenvalue weighted by atomic mass is 10.0. The highest BCUT2D eigenvalue weighted by atomic mass is 16.6. The van der Waals surface area contributed by atoms with Crippen LogP contribution in [0.4, 0.5) is 11.4 Å². The molecule has 18 heavy (non-hydrogen) atoms. The number of rotatable bonds is 4. The molecular weight excluding hydrogens is 236 g/mol. The Morgan fingerprint density at radius 2 is 2.11 bits per heavy atom. The maximum absolute atomic E-state index is 11.5. The van der Waals surface area contributed by atoms with Crippen molar-refractivity contribution >= 4 is 23.4 Å². The summed E-state index contributed by atoms with van der Waals surface area (Å²) in [4.78, 5) is 23.8. The second-order valence-electron chi connectivity index (χ2n) is 3.74. The van der Waals surface area contributed by atoms with Crippen LogP contribution < -0.4 is 4.90 Å². The molecule has 0 saturated heterocycles. The number of methoxy groups -OCH3 is 1. The normalized spacial score (nSPS) is 9.72. The van der Waals surface area contributed by atoms with E-state index in [-0.39, 0.29) is 16.8 Å². The van der Waals surface area contributed by atoms with Crippen LogP contribution in [0.5, 0.6) is 0 Å².